The van der Waals surface area contributed by atoms with Crippen LogP contribution in [0.5, 0.6) is 0 Å². The largest absolute Gasteiger partial charge is 0.459 e. The van der Waals surface area contributed by atoms with Crippen LogP contribution in [0.1, 0.15) is 16.1 Å². The number of carbonyl (C=O) groups excluding carboxylic acids is 1. The second kappa shape index (κ2) is 2.54. The minimum absolute atomic E-state index is 0.653. The van der Waals surface area contributed by atoms with Crippen LogP contribution in [0, 0.1) is 0 Å². The first-order valence-electron chi connectivity index (χ1n) is 2.87. The van der Waals surface area contributed by atoms with Gasteiger partial charge in [-0.1, -0.05) is 0 Å². The van der Waals surface area contributed by atoms with Crippen LogP contribution in [-0.4, -0.2) is 5.91 Å². The Morgan fingerprint density at radius 1 is 1.50 bits per heavy atom. The summed E-state index contributed by atoms with van der Waals surface area (Å²) in [5, 5.41) is 0. The summed E-state index contributed by atoms with van der Waals surface area (Å²) in [6.07, 6.45) is -3.83. The molecule has 0 aliphatic heterocycles. The van der Waals surface area contributed by atoms with Gasteiger partial charge in [0.2, 0.25) is 5.76 Å². The number of hydrogen-bond acceptors (Lipinski definition) is 2. The topological polar surface area (TPSA) is 56.2 Å². The summed E-state index contributed by atoms with van der Waals surface area (Å²) in [6, 6.07) is 0.653. The van der Waals surface area contributed by atoms with Gasteiger partial charge in [-0.15, -0.1) is 0 Å². The molecule has 3 nitrogen and oxygen atoms in total. The number of rotatable bonds is 1. The van der Waals surface area contributed by atoms with Crippen LogP contribution < -0.4 is 5.73 Å². The Hall–Kier alpha value is -1.46. The van der Waals surface area contributed by atoms with E-state index in [0.29, 0.717) is 6.07 Å². The van der Waals surface area contributed by atoms with Gasteiger partial charge < -0.3 is 10.2 Å². The van der Waals surface area contributed by atoms with Crippen LogP contribution in [0.25, 0.3) is 0 Å². The molecule has 0 aliphatic rings. The van der Waals surface area contributed by atoms with Crippen molar-refractivity contribution in [2.45, 2.75) is 6.18 Å². The number of amides is 1. The monoisotopic (exact) mass is 179 g/mol. The van der Waals surface area contributed by atoms with E-state index in [1.165, 1.54) is 0 Å². The van der Waals surface area contributed by atoms with Crippen LogP contribution >= 0.6 is 0 Å². The summed E-state index contributed by atoms with van der Waals surface area (Å²) in [4.78, 5) is 10.4. The number of nitrogens with two attached hydrogens (primary N) is 1. The lowest BCUT2D eigenvalue weighted by atomic mass is 10.2. The molecule has 2 N–H and O–H groups in total. The van der Waals surface area contributed by atoms with Crippen molar-refractivity contribution >= 4 is 5.91 Å². The van der Waals surface area contributed by atoms with Gasteiger partial charge in [0.1, 0.15) is 5.56 Å². The molecule has 1 rings (SSSR count). The zero-order valence-corrected chi connectivity index (χ0v) is 5.68. The number of hydrogen-bond donors (Lipinski definition) is 1. The second-order valence-electron chi connectivity index (χ2n) is 2.03. The van der Waals surface area contributed by atoms with Crippen molar-refractivity contribution < 1.29 is 22.4 Å². The number of halogens is 3. The number of primary amides is 1. The maximum atomic E-state index is 12.0. The van der Waals surface area contributed by atoms with Crippen molar-refractivity contribution in [1.29, 1.82) is 0 Å². The molecule has 0 saturated carbocycles. The van der Waals surface area contributed by atoms with Crippen molar-refractivity contribution in [3.05, 3.63) is 23.7 Å². The number of alkyl halides is 3. The average Bonchev–Trinajstić information content (AvgIpc) is 2.30. The highest BCUT2D eigenvalue weighted by Crippen LogP contribution is 2.32. The van der Waals surface area contributed by atoms with Crippen molar-refractivity contribution in [1.82, 2.24) is 0 Å². The average molecular weight is 179 g/mol. The third-order valence-corrected chi connectivity index (χ3v) is 1.19. The van der Waals surface area contributed by atoms with E-state index in [0.717, 1.165) is 6.26 Å². The van der Waals surface area contributed by atoms with Crippen LogP contribution in [0.2, 0.25) is 0 Å². The summed E-state index contributed by atoms with van der Waals surface area (Å²) in [5.41, 5.74) is 3.48. The molecule has 0 radical (unpaired) electrons. The third kappa shape index (κ3) is 1.41. The number of furan rings is 1. The second-order valence-corrected chi connectivity index (χ2v) is 2.03. The van der Waals surface area contributed by atoms with Crippen LogP contribution in [0.3, 0.4) is 0 Å². The van der Waals surface area contributed by atoms with E-state index in [1.807, 2.05) is 0 Å². The fourth-order valence-corrected chi connectivity index (χ4v) is 0.723. The highest BCUT2D eigenvalue weighted by atomic mass is 19.4. The fraction of sp³-hybridized carbons (Fsp3) is 0.167. The molecule has 66 valence electrons. The van der Waals surface area contributed by atoms with Gasteiger partial charge in [0.25, 0.3) is 5.91 Å². The van der Waals surface area contributed by atoms with Gasteiger partial charge >= 0.3 is 6.18 Å². The van der Waals surface area contributed by atoms with E-state index in [1.54, 1.807) is 0 Å². The highest BCUT2D eigenvalue weighted by Gasteiger charge is 2.36. The van der Waals surface area contributed by atoms with Gasteiger partial charge in [-0.05, 0) is 6.07 Å². The molecule has 6 heteroatoms. The van der Waals surface area contributed by atoms with Gasteiger partial charge in [0.15, 0.2) is 0 Å². The van der Waals surface area contributed by atoms with Gasteiger partial charge in [0.05, 0.1) is 6.26 Å². The first kappa shape index (κ1) is 8.63. The molecule has 1 aromatic rings. The van der Waals surface area contributed by atoms with E-state index < -0.39 is 23.4 Å². The zero-order valence-electron chi connectivity index (χ0n) is 5.68. The van der Waals surface area contributed by atoms with Crippen molar-refractivity contribution in [3.8, 4) is 0 Å². The van der Waals surface area contributed by atoms with Gasteiger partial charge in [-0.25, -0.2) is 0 Å². The first-order chi connectivity index (χ1) is 5.43. The minimum atomic E-state index is -4.60. The maximum Gasteiger partial charge on any atom is 0.420 e. The highest BCUT2D eigenvalue weighted by molar-refractivity contribution is 5.91. The minimum Gasteiger partial charge on any atom is -0.459 e. The SMILES string of the molecule is NC(=O)c1occc1C(F)(F)F. The Balaban J connectivity index is 3.17. The number of carbonyl (C=O) groups is 1. The smallest absolute Gasteiger partial charge is 0.420 e. The van der Waals surface area contributed by atoms with Crippen LogP contribution in [0.15, 0.2) is 16.7 Å². The van der Waals surface area contributed by atoms with Gasteiger partial charge in [-0.2, -0.15) is 13.2 Å². The van der Waals surface area contributed by atoms with E-state index in [-0.39, 0.29) is 0 Å². The molecular weight excluding hydrogens is 175 g/mol. The summed E-state index contributed by atoms with van der Waals surface area (Å²) >= 11 is 0. The molecule has 1 heterocycles. The molecule has 0 atom stereocenters. The molecule has 0 aliphatic carbocycles. The lowest BCUT2D eigenvalue weighted by Gasteiger charge is -2.03. The first-order valence-corrected chi connectivity index (χ1v) is 2.87. The lowest BCUT2D eigenvalue weighted by molar-refractivity contribution is -0.138. The summed E-state index contributed by atoms with van der Waals surface area (Å²) < 4.78 is 40.2. The normalized spacial score (nSPS) is 11.6. The Morgan fingerprint density at radius 3 is 2.42 bits per heavy atom. The van der Waals surface area contributed by atoms with Crippen molar-refractivity contribution in [3.63, 3.8) is 0 Å². The van der Waals surface area contributed by atoms with Crippen molar-refractivity contribution in [2.24, 2.45) is 5.73 Å². The van der Waals surface area contributed by atoms with E-state index in [4.69, 9.17) is 0 Å². The molecule has 0 bridgehead atoms. The molecular formula is C6H4F3NO2. The Morgan fingerprint density at radius 2 is 2.08 bits per heavy atom. The molecule has 12 heavy (non-hydrogen) atoms. The molecule has 0 aromatic carbocycles. The zero-order chi connectivity index (χ0) is 9.35. The fourth-order valence-electron chi connectivity index (χ4n) is 0.723. The van der Waals surface area contributed by atoms with Gasteiger partial charge in [-0.3, -0.25) is 4.79 Å². The van der Waals surface area contributed by atoms with E-state index in [9.17, 15) is 18.0 Å². The third-order valence-electron chi connectivity index (χ3n) is 1.19. The lowest BCUT2D eigenvalue weighted by Crippen LogP contribution is -2.16. The molecule has 0 unspecified atom stereocenters. The summed E-state index contributed by atoms with van der Waals surface area (Å²) in [5.74, 6) is -2.09. The molecule has 0 fully saturated rings. The predicted molar refractivity (Wildman–Crippen MR) is 32.2 cm³/mol. The summed E-state index contributed by atoms with van der Waals surface area (Å²) in [6.45, 7) is 0. The molecule has 1 aromatic heterocycles. The quantitative estimate of drug-likeness (QED) is 0.708. The van der Waals surface area contributed by atoms with Gasteiger partial charge in [0, 0.05) is 0 Å². The van der Waals surface area contributed by atoms with Crippen molar-refractivity contribution in [2.75, 3.05) is 0 Å². The Kier molecular flexibility index (Phi) is 1.83. The predicted octanol–water partition coefficient (Wildman–Crippen LogP) is 1.40. The maximum absolute atomic E-state index is 12.0. The molecule has 0 saturated heterocycles. The molecule has 1 amide bonds. The van der Waals surface area contributed by atoms with Crippen LogP contribution in [0.4, 0.5) is 13.2 Å². The summed E-state index contributed by atoms with van der Waals surface area (Å²) in [7, 11) is 0. The molecule has 0 spiro atoms. The van der Waals surface area contributed by atoms with E-state index in [2.05, 4.69) is 10.2 Å². The van der Waals surface area contributed by atoms with Crippen LogP contribution in [-0.2, 0) is 6.18 Å². The Labute approximate surface area is 65.0 Å². The van der Waals surface area contributed by atoms with E-state index >= 15 is 0 Å². The Bertz CT molecular complexity index is 302. The standard InChI is InChI=1S/C6H4F3NO2/c7-6(8,9)3-1-2-12-4(3)5(10)11/h1-2H,(H2,10,11).